The number of methoxy groups -OCH3 is 1. The number of phenolic OH excluding ortho intramolecular Hbond substituents is 1. The number of anilines is 1. The van der Waals surface area contributed by atoms with E-state index in [-0.39, 0.29) is 5.82 Å². The van der Waals surface area contributed by atoms with Gasteiger partial charge in [-0.1, -0.05) is 6.07 Å². The fourth-order valence-electron chi connectivity index (χ4n) is 4.85. The van der Waals surface area contributed by atoms with Crippen molar-refractivity contribution in [3.8, 4) is 11.5 Å². The minimum Gasteiger partial charge on any atom is -0.508 e. The van der Waals surface area contributed by atoms with Crippen molar-refractivity contribution in [2.75, 3.05) is 31.6 Å². The van der Waals surface area contributed by atoms with Crippen LogP contribution in [0.25, 0.3) is 0 Å². The molecule has 4 rings (SSSR count). The number of nitrogens with zero attached hydrogens (tertiary/aromatic N) is 2. The zero-order valence-electron chi connectivity index (χ0n) is 16.9. The van der Waals surface area contributed by atoms with Gasteiger partial charge in [-0.3, -0.25) is 4.90 Å². The maximum Gasteiger partial charge on any atom is 0.165 e. The van der Waals surface area contributed by atoms with Gasteiger partial charge in [0.1, 0.15) is 5.75 Å². The quantitative estimate of drug-likeness (QED) is 0.841. The average molecular weight is 384 g/mol. The molecule has 2 aliphatic rings. The van der Waals surface area contributed by atoms with E-state index in [1.54, 1.807) is 6.07 Å². The Morgan fingerprint density at radius 3 is 2.68 bits per heavy atom. The summed E-state index contributed by atoms with van der Waals surface area (Å²) < 4.78 is 18.9. The molecule has 0 saturated carbocycles. The Kier molecular flexibility index (Phi) is 5.19. The fourth-order valence-corrected chi connectivity index (χ4v) is 4.85. The van der Waals surface area contributed by atoms with E-state index in [1.807, 2.05) is 19.1 Å². The van der Waals surface area contributed by atoms with Crippen LogP contribution in [0, 0.1) is 19.7 Å². The van der Waals surface area contributed by atoms with Gasteiger partial charge in [0.05, 0.1) is 7.11 Å². The van der Waals surface area contributed by atoms with Crippen LogP contribution in [0.4, 0.5) is 10.1 Å². The molecule has 2 aliphatic heterocycles. The van der Waals surface area contributed by atoms with Crippen molar-refractivity contribution in [1.29, 1.82) is 0 Å². The molecule has 150 valence electrons. The predicted molar refractivity (Wildman–Crippen MR) is 110 cm³/mol. The second kappa shape index (κ2) is 7.63. The van der Waals surface area contributed by atoms with Crippen molar-refractivity contribution in [2.24, 2.45) is 0 Å². The van der Waals surface area contributed by atoms with Crippen molar-refractivity contribution in [3.05, 3.63) is 52.8 Å². The van der Waals surface area contributed by atoms with Gasteiger partial charge < -0.3 is 14.7 Å². The van der Waals surface area contributed by atoms with Gasteiger partial charge in [-0.05, 0) is 68.0 Å². The molecular weight excluding hydrogens is 355 g/mol. The van der Waals surface area contributed by atoms with E-state index >= 15 is 0 Å². The van der Waals surface area contributed by atoms with Crippen molar-refractivity contribution in [3.63, 3.8) is 0 Å². The first-order valence-corrected chi connectivity index (χ1v) is 10.1. The van der Waals surface area contributed by atoms with Crippen molar-refractivity contribution < 1.29 is 14.2 Å². The fraction of sp³-hybridized carbons (Fsp3) is 0.478. The average Bonchev–Trinajstić information content (AvgIpc) is 2.72. The maximum absolute atomic E-state index is 13.8. The molecular formula is C23H29FN2O2. The minimum atomic E-state index is -0.319. The number of ether oxygens (including phenoxy) is 1. The minimum absolute atomic E-state index is 0.302. The number of aromatic hydroxyl groups is 1. The zero-order chi connectivity index (χ0) is 19.8. The predicted octanol–water partition coefficient (Wildman–Crippen LogP) is 4.57. The number of benzene rings is 2. The largest absolute Gasteiger partial charge is 0.508 e. The Bertz CT molecular complexity index is 870. The molecule has 2 fully saturated rings. The Labute approximate surface area is 166 Å². The molecule has 0 bridgehead atoms. The first kappa shape index (κ1) is 19.1. The van der Waals surface area contributed by atoms with Gasteiger partial charge >= 0.3 is 0 Å². The first-order chi connectivity index (χ1) is 13.5. The van der Waals surface area contributed by atoms with Gasteiger partial charge in [0.15, 0.2) is 11.6 Å². The molecule has 0 unspecified atom stereocenters. The maximum atomic E-state index is 13.8. The van der Waals surface area contributed by atoms with E-state index in [0.717, 1.165) is 37.3 Å². The van der Waals surface area contributed by atoms with E-state index < -0.39 is 0 Å². The van der Waals surface area contributed by atoms with Crippen LogP contribution in [0.5, 0.6) is 11.5 Å². The number of phenols is 1. The second-order valence-electron chi connectivity index (χ2n) is 8.03. The van der Waals surface area contributed by atoms with Gasteiger partial charge in [0.2, 0.25) is 0 Å². The van der Waals surface area contributed by atoms with E-state index in [0.29, 0.717) is 23.6 Å². The molecule has 28 heavy (non-hydrogen) atoms. The van der Waals surface area contributed by atoms with E-state index in [1.165, 1.54) is 37.1 Å². The molecule has 2 heterocycles. The molecule has 0 spiro atoms. The summed E-state index contributed by atoms with van der Waals surface area (Å²) in [5, 5.41) is 10.0. The number of hydrogen-bond acceptors (Lipinski definition) is 4. The van der Waals surface area contributed by atoms with Gasteiger partial charge in [0, 0.05) is 43.5 Å². The second-order valence-corrected chi connectivity index (χ2v) is 8.03. The van der Waals surface area contributed by atoms with E-state index in [2.05, 4.69) is 22.8 Å². The summed E-state index contributed by atoms with van der Waals surface area (Å²) in [5.74, 6) is 0.362. The number of piperazine rings is 1. The summed E-state index contributed by atoms with van der Waals surface area (Å²) >= 11 is 0. The normalized spacial score (nSPS) is 22.8. The Hall–Kier alpha value is -2.27. The van der Waals surface area contributed by atoms with Crippen molar-refractivity contribution in [1.82, 2.24) is 4.90 Å². The Morgan fingerprint density at radius 2 is 1.89 bits per heavy atom. The Balaban J connectivity index is 1.56. The lowest BCUT2D eigenvalue weighted by molar-refractivity contribution is 0.0712. The highest BCUT2D eigenvalue weighted by atomic mass is 19.1. The third-order valence-corrected chi connectivity index (χ3v) is 6.60. The molecule has 2 saturated heterocycles. The summed E-state index contributed by atoms with van der Waals surface area (Å²) in [6.07, 6.45) is 3.54. The van der Waals surface area contributed by atoms with Gasteiger partial charge in [-0.25, -0.2) is 4.39 Å². The molecule has 1 N–H and O–H groups in total. The van der Waals surface area contributed by atoms with Gasteiger partial charge in [-0.15, -0.1) is 0 Å². The molecule has 0 radical (unpaired) electrons. The number of fused-ring (bicyclic) bond motifs is 1. The number of hydrogen-bond donors (Lipinski definition) is 1. The van der Waals surface area contributed by atoms with Crippen LogP contribution in [0.15, 0.2) is 30.3 Å². The zero-order valence-corrected chi connectivity index (χ0v) is 16.9. The van der Waals surface area contributed by atoms with E-state index in [4.69, 9.17) is 4.74 Å². The molecule has 2 aromatic rings. The van der Waals surface area contributed by atoms with Crippen LogP contribution in [-0.2, 0) is 0 Å². The van der Waals surface area contributed by atoms with Crippen LogP contribution < -0.4 is 9.64 Å². The van der Waals surface area contributed by atoms with Crippen LogP contribution >= 0.6 is 0 Å². The van der Waals surface area contributed by atoms with Crippen LogP contribution in [0.3, 0.4) is 0 Å². The molecule has 2 aromatic carbocycles. The third kappa shape index (κ3) is 3.32. The Morgan fingerprint density at radius 1 is 1.07 bits per heavy atom. The van der Waals surface area contributed by atoms with Gasteiger partial charge in [-0.2, -0.15) is 0 Å². The van der Waals surface area contributed by atoms with Crippen molar-refractivity contribution >= 4 is 5.69 Å². The standard InChI is InChI=1S/C23H29FN2O2/c1-15-16(2)22(27)10-8-19(15)21-6-4-5-18-14-25(11-12-26(18)21)17-7-9-20(24)23(13-17)28-3/h7-10,13,18,21,27H,4-6,11-12,14H2,1-3H3/t18-,21+/m0/s1. The summed E-state index contributed by atoms with van der Waals surface area (Å²) in [6.45, 7) is 6.96. The highest BCUT2D eigenvalue weighted by Crippen LogP contribution is 2.40. The molecule has 2 atom stereocenters. The molecule has 0 aromatic heterocycles. The lowest BCUT2D eigenvalue weighted by Gasteiger charge is -2.49. The number of rotatable bonds is 3. The molecule has 4 nitrogen and oxygen atoms in total. The van der Waals surface area contributed by atoms with Crippen molar-refractivity contribution in [2.45, 2.75) is 45.2 Å². The van der Waals surface area contributed by atoms with Crippen LogP contribution in [0.1, 0.15) is 42.0 Å². The number of halogens is 1. The molecule has 0 amide bonds. The first-order valence-electron chi connectivity index (χ1n) is 10.1. The SMILES string of the molecule is COc1cc(N2CCN3[C@@H](CCC[C@@H]3c3ccc(O)c(C)c3C)C2)ccc1F. The molecule has 5 heteroatoms. The smallest absolute Gasteiger partial charge is 0.165 e. The lowest BCUT2D eigenvalue weighted by atomic mass is 9.86. The highest BCUT2D eigenvalue weighted by molar-refractivity contribution is 5.52. The van der Waals surface area contributed by atoms with Gasteiger partial charge in [0.25, 0.3) is 0 Å². The summed E-state index contributed by atoms with van der Waals surface area (Å²) in [6, 6.07) is 9.97. The highest BCUT2D eigenvalue weighted by Gasteiger charge is 2.36. The van der Waals surface area contributed by atoms with Crippen LogP contribution in [-0.4, -0.2) is 42.8 Å². The summed E-state index contributed by atoms with van der Waals surface area (Å²) in [7, 11) is 1.51. The summed E-state index contributed by atoms with van der Waals surface area (Å²) in [5.41, 5.74) is 4.56. The topological polar surface area (TPSA) is 35.9 Å². The van der Waals surface area contributed by atoms with Crippen LogP contribution in [0.2, 0.25) is 0 Å². The van der Waals surface area contributed by atoms with E-state index in [9.17, 15) is 9.50 Å². The lowest BCUT2D eigenvalue weighted by Crippen LogP contribution is -2.56. The number of piperidine rings is 1. The summed E-state index contributed by atoms with van der Waals surface area (Å²) in [4.78, 5) is 4.99. The monoisotopic (exact) mass is 384 g/mol. The third-order valence-electron chi connectivity index (χ3n) is 6.60. The molecule has 0 aliphatic carbocycles.